The number of aromatic hydroxyl groups is 1. The molecule has 92 valence electrons. The lowest BCUT2D eigenvalue weighted by Gasteiger charge is -2.11. The van der Waals surface area contributed by atoms with Gasteiger partial charge in [0.05, 0.1) is 4.92 Å². The van der Waals surface area contributed by atoms with Gasteiger partial charge in [0.2, 0.25) is 0 Å². The monoisotopic (exact) mass is 249 g/mol. The second-order valence-corrected chi connectivity index (χ2v) is 3.17. The van der Waals surface area contributed by atoms with Gasteiger partial charge in [-0.2, -0.15) is 13.2 Å². The van der Waals surface area contributed by atoms with Crippen LogP contribution in [0.15, 0.2) is 12.1 Å². The zero-order valence-corrected chi connectivity index (χ0v) is 8.41. The fourth-order valence-corrected chi connectivity index (χ4v) is 1.35. The number of carbonyl (C=O) groups excluding carboxylic acids is 1. The summed E-state index contributed by atoms with van der Waals surface area (Å²) < 4.78 is 37.9. The first-order valence-corrected chi connectivity index (χ1v) is 4.24. The highest BCUT2D eigenvalue weighted by Gasteiger charge is 2.43. The average molecular weight is 249 g/mol. The first-order valence-electron chi connectivity index (χ1n) is 4.24. The SMILES string of the molecule is CC(=O)c1ccc(O)c([N+](=O)[O-])c1C(F)(F)F. The minimum absolute atomic E-state index is 0.685. The minimum Gasteiger partial charge on any atom is -0.502 e. The fourth-order valence-electron chi connectivity index (χ4n) is 1.35. The summed E-state index contributed by atoms with van der Waals surface area (Å²) in [6.45, 7) is 0.853. The van der Waals surface area contributed by atoms with Gasteiger partial charge >= 0.3 is 11.9 Å². The highest BCUT2D eigenvalue weighted by molar-refractivity contribution is 5.97. The van der Waals surface area contributed by atoms with Crippen LogP contribution in [0, 0.1) is 10.1 Å². The number of nitro benzene ring substituents is 1. The van der Waals surface area contributed by atoms with Crippen molar-refractivity contribution in [1.29, 1.82) is 0 Å². The molecule has 0 aliphatic heterocycles. The Balaban J connectivity index is 3.75. The maximum Gasteiger partial charge on any atom is 0.423 e. The summed E-state index contributed by atoms with van der Waals surface area (Å²) in [4.78, 5) is 20.1. The van der Waals surface area contributed by atoms with Crippen LogP contribution in [0.5, 0.6) is 5.75 Å². The van der Waals surface area contributed by atoms with Gasteiger partial charge in [-0.3, -0.25) is 14.9 Å². The molecule has 8 heteroatoms. The van der Waals surface area contributed by atoms with Crippen LogP contribution in [0.1, 0.15) is 22.8 Å². The molecule has 0 saturated heterocycles. The van der Waals surface area contributed by atoms with E-state index in [1.54, 1.807) is 0 Å². The van der Waals surface area contributed by atoms with Crippen LogP contribution >= 0.6 is 0 Å². The number of hydrogen-bond donors (Lipinski definition) is 1. The third-order valence-corrected chi connectivity index (χ3v) is 2.00. The topological polar surface area (TPSA) is 80.4 Å². The molecule has 0 aliphatic rings. The van der Waals surface area contributed by atoms with Gasteiger partial charge in [-0.05, 0) is 19.1 Å². The van der Waals surface area contributed by atoms with Crippen LogP contribution in [-0.2, 0) is 6.18 Å². The number of nitrogens with zero attached hydrogens (tertiary/aromatic N) is 1. The van der Waals surface area contributed by atoms with E-state index in [1.165, 1.54) is 0 Å². The first-order chi connectivity index (χ1) is 7.66. The predicted molar refractivity (Wildman–Crippen MR) is 49.8 cm³/mol. The lowest BCUT2D eigenvalue weighted by molar-refractivity contribution is -0.389. The molecule has 0 aliphatic carbocycles. The number of benzene rings is 1. The van der Waals surface area contributed by atoms with E-state index in [9.17, 15) is 28.1 Å². The van der Waals surface area contributed by atoms with E-state index >= 15 is 0 Å². The highest BCUT2D eigenvalue weighted by Crippen LogP contribution is 2.43. The number of hydrogen-bond acceptors (Lipinski definition) is 4. The molecule has 1 aromatic rings. The number of rotatable bonds is 2. The number of alkyl halides is 3. The molecule has 0 heterocycles. The molecule has 1 N–H and O–H groups in total. The molecule has 5 nitrogen and oxygen atoms in total. The van der Waals surface area contributed by atoms with Gasteiger partial charge in [0.25, 0.3) is 0 Å². The zero-order valence-electron chi connectivity index (χ0n) is 8.41. The van der Waals surface area contributed by atoms with Gasteiger partial charge < -0.3 is 5.11 Å². The number of halogens is 3. The Bertz CT molecular complexity index is 496. The molecule has 0 spiro atoms. The lowest BCUT2D eigenvalue weighted by atomic mass is 10.0. The summed E-state index contributed by atoms with van der Waals surface area (Å²) in [7, 11) is 0. The molecule has 1 aromatic carbocycles. The second-order valence-electron chi connectivity index (χ2n) is 3.17. The van der Waals surface area contributed by atoms with Crippen molar-refractivity contribution in [3.63, 3.8) is 0 Å². The van der Waals surface area contributed by atoms with Crippen molar-refractivity contribution in [3.05, 3.63) is 33.4 Å². The van der Waals surface area contributed by atoms with E-state index < -0.39 is 39.4 Å². The smallest absolute Gasteiger partial charge is 0.423 e. The van der Waals surface area contributed by atoms with Crippen LogP contribution in [-0.4, -0.2) is 15.8 Å². The van der Waals surface area contributed by atoms with Crippen molar-refractivity contribution in [2.45, 2.75) is 13.1 Å². The second kappa shape index (κ2) is 4.04. The summed E-state index contributed by atoms with van der Waals surface area (Å²) in [6, 6.07) is 1.39. The van der Waals surface area contributed by atoms with E-state index in [2.05, 4.69) is 0 Å². The molecule has 0 aromatic heterocycles. The normalized spacial score (nSPS) is 11.3. The van der Waals surface area contributed by atoms with Crippen molar-refractivity contribution in [2.75, 3.05) is 0 Å². The van der Waals surface area contributed by atoms with Gasteiger partial charge in [-0.1, -0.05) is 0 Å². The van der Waals surface area contributed by atoms with Crippen LogP contribution in [0.2, 0.25) is 0 Å². The summed E-state index contributed by atoms with van der Waals surface area (Å²) in [5.74, 6) is -2.10. The van der Waals surface area contributed by atoms with Crippen LogP contribution < -0.4 is 0 Å². The zero-order chi connectivity index (χ0) is 13.4. The number of phenols is 1. The van der Waals surface area contributed by atoms with E-state index in [4.69, 9.17) is 5.11 Å². The third-order valence-electron chi connectivity index (χ3n) is 2.00. The molecule has 17 heavy (non-hydrogen) atoms. The Labute approximate surface area is 92.6 Å². The van der Waals surface area contributed by atoms with Gasteiger partial charge in [-0.15, -0.1) is 0 Å². The number of phenolic OH excluding ortho intramolecular Hbond substituents is 1. The Morgan fingerprint density at radius 2 is 1.94 bits per heavy atom. The molecular formula is C9H6F3NO4. The minimum atomic E-state index is -5.10. The molecular weight excluding hydrogens is 243 g/mol. The number of ketones is 1. The molecule has 0 fully saturated rings. The van der Waals surface area contributed by atoms with E-state index in [0.717, 1.165) is 6.92 Å². The first kappa shape index (κ1) is 12.9. The summed E-state index contributed by atoms with van der Waals surface area (Å²) in [5, 5.41) is 19.6. The Kier molecular flexibility index (Phi) is 3.08. The molecule has 0 unspecified atom stereocenters. The maximum atomic E-state index is 12.6. The molecule has 0 saturated carbocycles. The molecule has 0 bridgehead atoms. The van der Waals surface area contributed by atoms with Gasteiger partial charge in [0.15, 0.2) is 11.5 Å². The fraction of sp³-hybridized carbons (Fsp3) is 0.222. The Morgan fingerprint density at radius 3 is 2.29 bits per heavy atom. The number of nitro groups is 1. The third kappa shape index (κ3) is 2.35. The summed E-state index contributed by atoms with van der Waals surface area (Å²) in [6.07, 6.45) is -5.10. The van der Waals surface area contributed by atoms with Gasteiger partial charge in [-0.25, -0.2) is 0 Å². The van der Waals surface area contributed by atoms with Gasteiger partial charge in [0.1, 0.15) is 5.56 Å². The Hall–Kier alpha value is -2.12. The maximum absolute atomic E-state index is 12.6. The largest absolute Gasteiger partial charge is 0.502 e. The molecule has 1 rings (SSSR count). The van der Waals surface area contributed by atoms with Crippen molar-refractivity contribution < 1.29 is 28.0 Å². The van der Waals surface area contributed by atoms with Crippen LogP contribution in [0.4, 0.5) is 18.9 Å². The molecule has 0 radical (unpaired) electrons. The van der Waals surface area contributed by atoms with Crippen LogP contribution in [0.3, 0.4) is 0 Å². The van der Waals surface area contributed by atoms with Crippen molar-refractivity contribution in [3.8, 4) is 5.75 Å². The standard InChI is InChI=1S/C9H6F3NO4/c1-4(14)5-2-3-6(15)8(13(16)17)7(5)9(10,11)12/h2-3,15H,1H3. The van der Waals surface area contributed by atoms with Crippen LogP contribution in [0.25, 0.3) is 0 Å². The quantitative estimate of drug-likeness (QED) is 0.496. The van der Waals surface area contributed by atoms with Crippen molar-refractivity contribution in [2.24, 2.45) is 0 Å². The number of carbonyl (C=O) groups is 1. The summed E-state index contributed by atoms with van der Waals surface area (Å²) >= 11 is 0. The predicted octanol–water partition coefficient (Wildman–Crippen LogP) is 2.52. The molecule has 0 amide bonds. The Morgan fingerprint density at radius 1 is 1.41 bits per heavy atom. The average Bonchev–Trinajstić information content (AvgIpc) is 2.14. The lowest BCUT2D eigenvalue weighted by Crippen LogP contribution is -2.14. The van der Waals surface area contributed by atoms with E-state index in [1.807, 2.05) is 0 Å². The highest BCUT2D eigenvalue weighted by atomic mass is 19.4. The van der Waals surface area contributed by atoms with Crippen molar-refractivity contribution in [1.82, 2.24) is 0 Å². The number of Topliss-reactive ketones (excluding diaryl/α,β-unsaturated/α-hetero) is 1. The van der Waals surface area contributed by atoms with Crippen molar-refractivity contribution >= 4 is 11.5 Å². The summed E-state index contributed by atoms with van der Waals surface area (Å²) in [5.41, 5.74) is -4.08. The van der Waals surface area contributed by atoms with E-state index in [0.29, 0.717) is 12.1 Å². The van der Waals surface area contributed by atoms with Gasteiger partial charge in [0, 0.05) is 5.56 Å². The molecule has 0 atom stereocenters. The van der Waals surface area contributed by atoms with E-state index in [-0.39, 0.29) is 0 Å².